The summed E-state index contributed by atoms with van der Waals surface area (Å²) in [5, 5.41) is 3.37. The molecule has 0 aromatic carbocycles. The van der Waals surface area contributed by atoms with Crippen molar-refractivity contribution < 1.29 is 8.42 Å². The smallest absolute Gasteiger partial charge is 0.150 e. The summed E-state index contributed by atoms with van der Waals surface area (Å²) in [5.74, 6) is 2.06. The summed E-state index contributed by atoms with van der Waals surface area (Å²) in [6.45, 7) is 4.18. The van der Waals surface area contributed by atoms with Gasteiger partial charge in [-0.15, -0.1) is 0 Å². The second-order valence-electron chi connectivity index (χ2n) is 5.68. The summed E-state index contributed by atoms with van der Waals surface area (Å²) in [5.41, 5.74) is 0. The summed E-state index contributed by atoms with van der Waals surface area (Å²) < 4.78 is 23.6. The van der Waals surface area contributed by atoms with Crippen LogP contribution in [0.2, 0.25) is 0 Å². The molecule has 1 fully saturated rings. The van der Waals surface area contributed by atoms with Crippen LogP contribution in [0.1, 0.15) is 52.4 Å². The number of hydrogen-bond acceptors (Lipinski definition) is 3. The Morgan fingerprint density at radius 2 is 1.89 bits per heavy atom. The summed E-state index contributed by atoms with van der Waals surface area (Å²) in [6, 6.07) is 0.518. The van der Waals surface area contributed by atoms with Gasteiger partial charge in [-0.25, -0.2) is 8.42 Å². The predicted molar refractivity (Wildman–Crippen MR) is 77.5 cm³/mol. The zero-order valence-corrected chi connectivity index (χ0v) is 12.9. The van der Waals surface area contributed by atoms with E-state index in [-0.39, 0.29) is 0 Å². The van der Waals surface area contributed by atoms with E-state index in [1.807, 2.05) is 14.0 Å². The molecule has 0 spiro atoms. The van der Waals surface area contributed by atoms with Gasteiger partial charge in [0.05, 0.1) is 5.75 Å². The minimum Gasteiger partial charge on any atom is -0.317 e. The van der Waals surface area contributed by atoms with Gasteiger partial charge in [-0.3, -0.25) is 0 Å². The van der Waals surface area contributed by atoms with Crippen molar-refractivity contribution in [2.45, 2.75) is 58.4 Å². The van der Waals surface area contributed by atoms with Crippen molar-refractivity contribution in [1.29, 1.82) is 0 Å². The second-order valence-corrected chi connectivity index (χ2v) is 7.99. The second kappa shape index (κ2) is 7.49. The number of nitrogens with one attached hydrogen (secondary N) is 1. The fourth-order valence-corrected chi connectivity index (χ4v) is 4.66. The van der Waals surface area contributed by atoms with Crippen LogP contribution in [0.3, 0.4) is 0 Å². The van der Waals surface area contributed by atoms with Gasteiger partial charge in [0.2, 0.25) is 0 Å². The van der Waals surface area contributed by atoms with E-state index >= 15 is 0 Å². The molecule has 0 aliphatic heterocycles. The Hall–Kier alpha value is -0.0900. The number of hydrogen-bond donors (Lipinski definition) is 1. The molecule has 3 atom stereocenters. The van der Waals surface area contributed by atoms with Crippen molar-refractivity contribution >= 4 is 9.84 Å². The molecule has 0 bridgehead atoms. The first-order chi connectivity index (χ1) is 8.52. The van der Waals surface area contributed by atoms with E-state index in [0.717, 1.165) is 18.8 Å². The van der Waals surface area contributed by atoms with Crippen molar-refractivity contribution in [3.63, 3.8) is 0 Å². The molecule has 18 heavy (non-hydrogen) atoms. The van der Waals surface area contributed by atoms with Crippen LogP contribution in [0.5, 0.6) is 0 Å². The van der Waals surface area contributed by atoms with Gasteiger partial charge in [-0.05, 0) is 51.0 Å². The van der Waals surface area contributed by atoms with Gasteiger partial charge in [0.25, 0.3) is 0 Å². The lowest BCUT2D eigenvalue weighted by Crippen LogP contribution is -2.39. The van der Waals surface area contributed by atoms with Gasteiger partial charge < -0.3 is 5.32 Å². The van der Waals surface area contributed by atoms with E-state index in [0.29, 0.717) is 23.5 Å². The number of rotatable bonds is 7. The SMILES string of the molecule is CCCS(=O)(=O)CCC1CC(CC)CCC1NC. The van der Waals surface area contributed by atoms with Gasteiger partial charge >= 0.3 is 0 Å². The molecule has 4 heteroatoms. The van der Waals surface area contributed by atoms with Crippen molar-refractivity contribution in [1.82, 2.24) is 5.32 Å². The molecule has 0 amide bonds. The van der Waals surface area contributed by atoms with E-state index in [1.54, 1.807) is 0 Å². The Kier molecular flexibility index (Phi) is 6.64. The highest BCUT2D eigenvalue weighted by molar-refractivity contribution is 7.91. The van der Waals surface area contributed by atoms with Crippen LogP contribution in [0.15, 0.2) is 0 Å². The monoisotopic (exact) mass is 275 g/mol. The van der Waals surface area contributed by atoms with Gasteiger partial charge in [-0.2, -0.15) is 0 Å². The maximum absolute atomic E-state index is 11.8. The minimum absolute atomic E-state index is 0.348. The van der Waals surface area contributed by atoms with Crippen LogP contribution >= 0.6 is 0 Å². The molecule has 0 saturated heterocycles. The number of sulfone groups is 1. The van der Waals surface area contributed by atoms with E-state index in [4.69, 9.17) is 0 Å². The van der Waals surface area contributed by atoms with Crippen molar-refractivity contribution in [2.75, 3.05) is 18.6 Å². The predicted octanol–water partition coefficient (Wildman–Crippen LogP) is 2.62. The Bertz CT molecular complexity index is 327. The Balaban J connectivity index is 2.51. The molecule has 1 saturated carbocycles. The molecule has 1 rings (SSSR count). The first kappa shape index (κ1) is 16.0. The lowest BCUT2D eigenvalue weighted by atomic mass is 9.76. The van der Waals surface area contributed by atoms with Crippen molar-refractivity contribution in [2.24, 2.45) is 11.8 Å². The molecule has 1 N–H and O–H groups in total. The highest BCUT2D eigenvalue weighted by Gasteiger charge is 2.29. The van der Waals surface area contributed by atoms with Gasteiger partial charge in [0, 0.05) is 11.8 Å². The lowest BCUT2D eigenvalue weighted by Gasteiger charge is -2.35. The standard InChI is InChI=1S/C14H29NO2S/c1-4-9-18(16,17)10-8-13-11-12(5-2)6-7-14(13)15-3/h12-15H,4-11H2,1-3H3. The molecule has 0 radical (unpaired) electrons. The van der Waals surface area contributed by atoms with E-state index in [9.17, 15) is 8.42 Å². The molecular weight excluding hydrogens is 246 g/mol. The largest absolute Gasteiger partial charge is 0.317 e. The summed E-state index contributed by atoms with van der Waals surface area (Å²) in [4.78, 5) is 0. The van der Waals surface area contributed by atoms with Crippen LogP contribution in [0.25, 0.3) is 0 Å². The molecule has 108 valence electrons. The summed E-state index contributed by atoms with van der Waals surface area (Å²) in [7, 11) is -0.810. The normalized spacial score (nSPS) is 29.4. The topological polar surface area (TPSA) is 46.2 Å². The zero-order valence-electron chi connectivity index (χ0n) is 12.1. The van der Waals surface area contributed by atoms with Crippen molar-refractivity contribution in [3.05, 3.63) is 0 Å². The van der Waals surface area contributed by atoms with E-state index in [2.05, 4.69) is 12.2 Å². The molecule has 0 aromatic rings. The molecule has 0 heterocycles. The molecule has 3 unspecified atom stereocenters. The summed E-state index contributed by atoms with van der Waals surface area (Å²) in [6.07, 6.45) is 6.50. The maximum atomic E-state index is 11.8. The first-order valence-electron chi connectivity index (χ1n) is 7.40. The van der Waals surface area contributed by atoms with Crippen LogP contribution in [-0.2, 0) is 9.84 Å². The maximum Gasteiger partial charge on any atom is 0.150 e. The molecule has 1 aliphatic rings. The Morgan fingerprint density at radius 3 is 2.44 bits per heavy atom. The molecule has 1 aliphatic carbocycles. The third-order valence-electron chi connectivity index (χ3n) is 4.35. The Morgan fingerprint density at radius 1 is 1.17 bits per heavy atom. The first-order valence-corrected chi connectivity index (χ1v) is 9.22. The van der Waals surface area contributed by atoms with Crippen LogP contribution < -0.4 is 5.32 Å². The molecular formula is C14H29NO2S. The average Bonchev–Trinajstić information content (AvgIpc) is 2.36. The van der Waals surface area contributed by atoms with Gasteiger partial charge in [0.1, 0.15) is 9.84 Å². The van der Waals surface area contributed by atoms with Crippen molar-refractivity contribution in [3.8, 4) is 0 Å². The van der Waals surface area contributed by atoms with Gasteiger partial charge in [-0.1, -0.05) is 20.3 Å². The average molecular weight is 275 g/mol. The third kappa shape index (κ3) is 4.88. The molecule has 3 nitrogen and oxygen atoms in total. The Labute approximate surface area is 113 Å². The summed E-state index contributed by atoms with van der Waals surface area (Å²) >= 11 is 0. The quantitative estimate of drug-likeness (QED) is 0.777. The fourth-order valence-electron chi connectivity index (χ4n) is 3.18. The highest BCUT2D eigenvalue weighted by Crippen LogP contribution is 2.33. The van der Waals surface area contributed by atoms with E-state index < -0.39 is 9.84 Å². The van der Waals surface area contributed by atoms with Gasteiger partial charge in [0.15, 0.2) is 0 Å². The van der Waals surface area contributed by atoms with Crippen LogP contribution in [0.4, 0.5) is 0 Å². The van der Waals surface area contributed by atoms with Crippen LogP contribution in [-0.4, -0.2) is 33.0 Å². The molecule has 0 aromatic heterocycles. The highest BCUT2D eigenvalue weighted by atomic mass is 32.2. The van der Waals surface area contributed by atoms with Crippen LogP contribution in [0, 0.1) is 11.8 Å². The minimum atomic E-state index is -2.81. The zero-order chi connectivity index (χ0) is 13.6. The fraction of sp³-hybridized carbons (Fsp3) is 1.00. The van der Waals surface area contributed by atoms with E-state index in [1.165, 1.54) is 25.7 Å². The third-order valence-corrected chi connectivity index (χ3v) is 6.24. The lowest BCUT2D eigenvalue weighted by molar-refractivity contribution is 0.202.